The monoisotopic (exact) mass is 370 g/mol. The molecule has 4 nitrogen and oxygen atoms in total. The van der Waals surface area contributed by atoms with E-state index in [0.29, 0.717) is 6.42 Å². The van der Waals surface area contributed by atoms with E-state index in [1.54, 1.807) is 0 Å². The Kier molecular flexibility index (Phi) is 4.63. The first-order valence-corrected chi connectivity index (χ1v) is 10.1. The van der Waals surface area contributed by atoms with Gasteiger partial charge in [0.2, 0.25) is 5.91 Å². The van der Waals surface area contributed by atoms with Crippen LogP contribution in [0.2, 0.25) is 0 Å². The van der Waals surface area contributed by atoms with Crippen molar-refractivity contribution in [3.8, 4) is 10.8 Å². The molecule has 3 heterocycles. The second kappa shape index (κ2) is 7.06. The summed E-state index contributed by atoms with van der Waals surface area (Å²) in [5.41, 5.74) is 2.00. The fourth-order valence-corrected chi connectivity index (χ4v) is 4.86. The van der Waals surface area contributed by atoms with Gasteiger partial charge in [0.25, 0.3) is 0 Å². The number of rotatable bonds is 4. The number of benzene rings is 1. The first-order chi connectivity index (χ1) is 12.2. The predicted molar refractivity (Wildman–Crippen MR) is 101 cm³/mol. The van der Waals surface area contributed by atoms with Crippen LogP contribution in [0.25, 0.3) is 10.8 Å². The molecular formula is C19H18N2O2S2. The molecular weight excluding hydrogens is 352 g/mol. The standard InChI is InChI=1S/C19H18N2O2S2/c1-12-6-7-16(23-12)19-20-13(11-25-19)10-18(22)21-15-8-9-24-17-5-3-2-4-14(15)17/h2-7,11,15H,8-10H2,1H3,(H,21,22). The van der Waals surface area contributed by atoms with Gasteiger partial charge in [0.1, 0.15) is 5.76 Å². The van der Waals surface area contributed by atoms with Crippen molar-refractivity contribution in [3.05, 3.63) is 58.8 Å². The second-order valence-electron chi connectivity index (χ2n) is 6.03. The van der Waals surface area contributed by atoms with E-state index in [9.17, 15) is 4.79 Å². The smallest absolute Gasteiger partial charge is 0.226 e. The molecule has 0 saturated heterocycles. The zero-order valence-corrected chi connectivity index (χ0v) is 15.5. The molecule has 0 fully saturated rings. The van der Waals surface area contributed by atoms with E-state index in [0.717, 1.165) is 34.4 Å². The number of carbonyl (C=O) groups excluding carboxylic acids is 1. The third-order valence-corrected chi connectivity index (χ3v) is 6.17. The normalized spacial score (nSPS) is 16.4. The third-order valence-electron chi connectivity index (χ3n) is 4.14. The summed E-state index contributed by atoms with van der Waals surface area (Å²) in [6.07, 6.45) is 1.25. The van der Waals surface area contributed by atoms with Crippen molar-refractivity contribution in [2.75, 3.05) is 5.75 Å². The lowest BCUT2D eigenvalue weighted by Gasteiger charge is -2.25. The average molecular weight is 370 g/mol. The van der Waals surface area contributed by atoms with Crippen LogP contribution in [0.5, 0.6) is 0 Å². The summed E-state index contributed by atoms with van der Waals surface area (Å²) < 4.78 is 5.59. The van der Waals surface area contributed by atoms with Gasteiger partial charge in [-0.05, 0) is 37.1 Å². The summed E-state index contributed by atoms with van der Waals surface area (Å²) in [6.45, 7) is 1.91. The van der Waals surface area contributed by atoms with Gasteiger partial charge in [0.05, 0.1) is 18.2 Å². The van der Waals surface area contributed by atoms with Gasteiger partial charge in [-0.2, -0.15) is 0 Å². The molecule has 1 aromatic carbocycles. The van der Waals surface area contributed by atoms with Gasteiger partial charge in [0.15, 0.2) is 10.8 Å². The zero-order valence-electron chi connectivity index (χ0n) is 13.8. The third kappa shape index (κ3) is 3.65. The maximum absolute atomic E-state index is 12.5. The van der Waals surface area contributed by atoms with Crippen molar-refractivity contribution in [1.82, 2.24) is 10.3 Å². The van der Waals surface area contributed by atoms with Crippen LogP contribution < -0.4 is 5.32 Å². The number of fused-ring (bicyclic) bond motifs is 1. The van der Waals surface area contributed by atoms with Crippen LogP contribution in [-0.2, 0) is 11.2 Å². The minimum atomic E-state index is 0.0131. The van der Waals surface area contributed by atoms with Crippen LogP contribution >= 0.6 is 23.1 Å². The molecule has 1 aliphatic heterocycles. The maximum Gasteiger partial charge on any atom is 0.226 e. The van der Waals surface area contributed by atoms with Crippen LogP contribution in [0.15, 0.2) is 51.1 Å². The summed E-state index contributed by atoms with van der Waals surface area (Å²) in [5, 5.41) is 5.91. The Morgan fingerprint density at radius 3 is 3.04 bits per heavy atom. The van der Waals surface area contributed by atoms with Crippen molar-refractivity contribution in [3.63, 3.8) is 0 Å². The highest BCUT2D eigenvalue weighted by Crippen LogP contribution is 2.35. The molecule has 2 aromatic heterocycles. The van der Waals surface area contributed by atoms with Crippen molar-refractivity contribution in [2.24, 2.45) is 0 Å². The molecule has 0 bridgehead atoms. The second-order valence-corrected chi connectivity index (χ2v) is 8.02. The summed E-state index contributed by atoms with van der Waals surface area (Å²) in [6, 6.07) is 12.2. The lowest BCUT2D eigenvalue weighted by molar-refractivity contribution is -0.121. The summed E-state index contributed by atoms with van der Waals surface area (Å²) in [4.78, 5) is 18.3. The van der Waals surface area contributed by atoms with Gasteiger partial charge < -0.3 is 9.73 Å². The molecule has 4 rings (SSSR count). The van der Waals surface area contributed by atoms with Crippen molar-refractivity contribution in [2.45, 2.75) is 30.7 Å². The average Bonchev–Trinajstić information content (AvgIpc) is 3.24. The van der Waals surface area contributed by atoms with E-state index in [1.165, 1.54) is 21.8 Å². The number of hydrogen-bond acceptors (Lipinski definition) is 5. The number of furan rings is 1. The molecule has 128 valence electrons. The van der Waals surface area contributed by atoms with E-state index >= 15 is 0 Å². The van der Waals surface area contributed by atoms with Crippen molar-refractivity contribution >= 4 is 29.0 Å². The Morgan fingerprint density at radius 1 is 1.32 bits per heavy atom. The van der Waals surface area contributed by atoms with Gasteiger partial charge in [0, 0.05) is 16.0 Å². The zero-order chi connectivity index (χ0) is 17.2. The summed E-state index contributed by atoms with van der Waals surface area (Å²) in [5.74, 6) is 2.66. The van der Waals surface area contributed by atoms with Crippen LogP contribution in [0.4, 0.5) is 0 Å². The quantitative estimate of drug-likeness (QED) is 0.729. The number of thioether (sulfide) groups is 1. The predicted octanol–water partition coefficient (Wildman–Crippen LogP) is 4.61. The van der Waals surface area contributed by atoms with Gasteiger partial charge in [-0.15, -0.1) is 23.1 Å². The number of carbonyl (C=O) groups is 1. The number of nitrogens with one attached hydrogen (secondary N) is 1. The molecule has 6 heteroatoms. The minimum absolute atomic E-state index is 0.0131. The fraction of sp³-hybridized carbons (Fsp3) is 0.263. The molecule has 1 atom stereocenters. The Hall–Kier alpha value is -2.05. The van der Waals surface area contributed by atoms with Gasteiger partial charge in [-0.1, -0.05) is 18.2 Å². The van der Waals surface area contributed by atoms with Crippen molar-refractivity contribution < 1.29 is 9.21 Å². The Labute approximate surface area is 154 Å². The number of amides is 1. The molecule has 25 heavy (non-hydrogen) atoms. The van der Waals surface area contributed by atoms with Crippen LogP contribution in [0.1, 0.15) is 29.5 Å². The fourth-order valence-electron chi connectivity index (χ4n) is 2.95. The molecule has 0 spiro atoms. The molecule has 1 N–H and O–H groups in total. The molecule has 0 aliphatic carbocycles. The van der Waals surface area contributed by atoms with Crippen LogP contribution in [0, 0.1) is 6.92 Å². The lowest BCUT2D eigenvalue weighted by atomic mass is 10.0. The SMILES string of the molecule is Cc1ccc(-c2nc(CC(=O)NC3CCSc4ccccc43)cs2)o1. The van der Waals surface area contributed by atoms with E-state index in [-0.39, 0.29) is 11.9 Å². The van der Waals surface area contributed by atoms with E-state index < -0.39 is 0 Å². The van der Waals surface area contributed by atoms with E-state index in [1.807, 2.05) is 48.3 Å². The van der Waals surface area contributed by atoms with Crippen LogP contribution in [-0.4, -0.2) is 16.6 Å². The Bertz CT molecular complexity index is 900. The highest BCUT2D eigenvalue weighted by Gasteiger charge is 2.22. The minimum Gasteiger partial charge on any atom is -0.459 e. The van der Waals surface area contributed by atoms with Crippen molar-refractivity contribution in [1.29, 1.82) is 0 Å². The molecule has 1 aliphatic rings. The lowest BCUT2D eigenvalue weighted by Crippen LogP contribution is -2.31. The molecule has 1 amide bonds. The topological polar surface area (TPSA) is 55.1 Å². The number of hydrogen-bond donors (Lipinski definition) is 1. The Balaban J connectivity index is 1.42. The number of aromatic nitrogens is 1. The number of aryl methyl sites for hydroxylation is 1. The van der Waals surface area contributed by atoms with E-state index in [4.69, 9.17) is 4.42 Å². The molecule has 3 aromatic rings. The molecule has 0 radical (unpaired) electrons. The first kappa shape index (κ1) is 16.4. The van der Waals surface area contributed by atoms with Gasteiger partial charge in [-0.25, -0.2) is 4.98 Å². The molecule has 1 unspecified atom stereocenters. The molecule has 0 saturated carbocycles. The van der Waals surface area contributed by atoms with E-state index in [2.05, 4.69) is 22.4 Å². The summed E-state index contributed by atoms with van der Waals surface area (Å²) in [7, 11) is 0. The Morgan fingerprint density at radius 2 is 2.20 bits per heavy atom. The highest BCUT2D eigenvalue weighted by atomic mass is 32.2. The maximum atomic E-state index is 12.5. The van der Waals surface area contributed by atoms with Crippen LogP contribution in [0.3, 0.4) is 0 Å². The largest absolute Gasteiger partial charge is 0.459 e. The highest BCUT2D eigenvalue weighted by molar-refractivity contribution is 7.99. The number of nitrogens with zero attached hydrogens (tertiary/aromatic N) is 1. The van der Waals surface area contributed by atoms with Gasteiger partial charge in [-0.3, -0.25) is 4.79 Å². The van der Waals surface area contributed by atoms with Gasteiger partial charge >= 0.3 is 0 Å². The number of thiazole rings is 1. The summed E-state index contributed by atoms with van der Waals surface area (Å²) >= 11 is 3.36. The first-order valence-electron chi connectivity index (χ1n) is 8.21.